The van der Waals surface area contributed by atoms with E-state index in [1.807, 2.05) is 0 Å². The lowest BCUT2D eigenvalue weighted by atomic mass is 10.1. The first kappa shape index (κ1) is 44.8. The summed E-state index contributed by atoms with van der Waals surface area (Å²) in [5, 5.41) is 0. The Kier molecular flexibility index (Phi) is 37.3. The summed E-state index contributed by atoms with van der Waals surface area (Å²) < 4.78 is 16.9. The summed E-state index contributed by atoms with van der Waals surface area (Å²) in [6.07, 6.45) is 43.3. The number of unbranched alkanes of at least 4 members (excludes halogenated alkanes) is 21. The molecule has 0 rings (SSSR count). The molecule has 0 radical (unpaired) electrons. The van der Waals surface area contributed by atoms with Crippen LogP contribution in [0.1, 0.15) is 180 Å². The van der Waals surface area contributed by atoms with Gasteiger partial charge >= 0.3 is 5.97 Å². The smallest absolute Gasteiger partial charge is 0.305 e. The van der Waals surface area contributed by atoms with E-state index in [1.54, 1.807) is 0 Å². The molecule has 0 bridgehead atoms. The third kappa shape index (κ3) is 37.3. The molecule has 0 spiro atoms. The average molecular weight is 650 g/mol. The maximum Gasteiger partial charge on any atom is 0.305 e. The number of hydrogen-bond acceptors (Lipinski definition) is 5. The van der Waals surface area contributed by atoms with Gasteiger partial charge in [-0.25, -0.2) is 0 Å². The summed E-state index contributed by atoms with van der Waals surface area (Å²) in [5.41, 5.74) is 0. The fraction of sp³-hybridized carbons (Fsp3) is 0.878. The number of rotatable bonds is 37. The van der Waals surface area contributed by atoms with Gasteiger partial charge in [0.25, 0.3) is 0 Å². The van der Waals surface area contributed by atoms with Crippen molar-refractivity contribution < 1.29 is 19.0 Å². The first-order chi connectivity index (χ1) is 22.6. The fourth-order valence-corrected chi connectivity index (χ4v) is 5.77. The second-order valence-corrected chi connectivity index (χ2v) is 13.7. The van der Waals surface area contributed by atoms with Gasteiger partial charge in [0, 0.05) is 32.8 Å². The van der Waals surface area contributed by atoms with Crippen LogP contribution in [0, 0.1) is 0 Å². The Hall–Kier alpha value is -1.17. The Morgan fingerprint density at radius 2 is 1.00 bits per heavy atom. The topological polar surface area (TPSA) is 48.0 Å². The number of likely N-dealkylation sites (N-methyl/N-ethyl adjacent to an activating group) is 1. The second-order valence-electron chi connectivity index (χ2n) is 13.7. The minimum absolute atomic E-state index is 0.0867. The number of ether oxygens (including phenoxy) is 3. The van der Waals surface area contributed by atoms with E-state index in [9.17, 15) is 4.79 Å². The minimum atomic E-state index is -0.0867. The number of allylic oxidation sites excluding steroid dienone is 4. The Labute approximate surface area is 287 Å². The van der Waals surface area contributed by atoms with Crippen LogP contribution in [0.2, 0.25) is 0 Å². The predicted octanol–water partition coefficient (Wildman–Crippen LogP) is 11.8. The van der Waals surface area contributed by atoms with Gasteiger partial charge < -0.3 is 19.1 Å². The molecule has 0 aliphatic heterocycles. The summed E-state index contributed by atoms with van der Waals surface area (Å²) in [4.78, 5) is 13.3. The zero-order chi connectivity index (χ0) is 33.6. The van der Waals surface area contributed by atoms with Crippen LogP contribution in [-0.2, 0) is 19.0 Å². The minimum Gasteiger partial charge on any atom is -0.469 e. The summed E-state index contributed by atoms with van der Waals surface area (Å²) in [6.45, 7) is 5.83. The van der Waals surface area contributed by atoms with Crippen molar-refractivity contribution in [3.63, 3.8) is 0 Å². The molecule has 0 amide bonds. The summed E-state index contributed by atoms with van der Waals surface area (Å²) in [6, 6.07) is 0. The molecule has 5 heteroatoms. The molecule has 0 aromatic carbocycles. The van der Waals surface area contributed by atoms with E-state index in [-0.39, 0.29) is 12.1 Å². The lowest BCUT2D eigenvalue weighted by Gasteiger charge is -2.21. The Balaban J connectivity index is 3.52. The highest BCUT2D eigenvalue weighted by atomic mass is 16.5. The Bertz CT molecular complexity index is 663. The highest BCUT2D eigenvalue weighted by molar-refractivity contribution is 5.68. The number of methoxy groups -OCH3 is 1. The number of nitrogens with zero attached hydrogens (tertiary/aromatic N) is 1. The third-order valence-corrected chi connectivity index (χ3v) is 8.72. The molecule has 0 heterocycles. The second kappa shape index (κ2) is 38.3. The van der Waals surface area contributed by atoms with Crippen molar-refractivity contribution in [1.82, 2.24) is 4.90 Å². The van der Waals surface area contributed by atoms with Gasteiger partial charge in [-0.15, -0.1) is 0 Å². The molecule has 0 fully saturated rings. The molecule has 0 aromatic rings. The van der Waals surface area contributed by atoms with Crippen molar-refractivity contribution in [2.45, 2.75) is 186 Å². The lowest BCUT2D eigenvalue weighted by Crippen LogP contribution is -2.30. The standard InChI is InChI=1S/C41H79NO4/c1-5-6-7-8-9-10-11-12-13-14-18-21-24-27-30-33-37-46-40(39-42(2)3)35-38-45-36-32-29-26-23-20-17-15-16-19-22-25-28-31-34-41(43)44-4/h11-12,15-16,40H,5-10,13-14,17-39H2,1-4H3/b12-11-,16-15-. The predicted molar refractivity (Wildman–Crippen MR) is 200 cm³/mol. The van der Waals surface area contributed by atoms with Crippen LogP contribution in [0.15, 0.2) is 24.3 Å². The number of hydrogen-bond donors (Lipinski definition) is 0. The van der Waals surface area contributed by atoms with Gasteiger partial charge in [-0.2, -0.15) is 0 Å². The van der Waals surface area contributed by atoms with E-state index in [1.165, 1.54) is 148 Å². The quantitative estimate of drug-likeness (QED) is 0.0381. The Morgan fingerprint density at radius 1 is 0.565 bits per heavy atom. The van der Waals surface area contributed by atoms with Gasteiger partial charge in [0.2, 0.25) is 0 Å². The van der Waals surface area contributed by atoms with E-state index in [0.717, 1.165) is 52.0 Å². The zero-order valence-corrected chi connectivity index (χ0v) is 31.4. The molecule has 0 N–H and O–H groups in total. The molecule has 1 atom stereocenters. The SMILES string of the molecule is CCCCCCC/C=C\CCCCCCCCCOC(CCOCCCCCCC/C=C\CCCCCCC(=O)OC)CN(C)C. The van der Waals surface area contributed by atoms with E-state index >= 15 is 0 Å². The maximum absolute atomic E-state index is 11.1. The third-order valence-electron chi connectivity index (χ3n) is 8.72. The van der Waals surface area contributed by atoms with Crippen molar-refractivity contribution in [3.05, 3.63) is 24.3 Å². The van der Waals surface area contributed by atoms with Crippen LogP contribution in [0.25, 0.3) is 0 Å². The molecule has 0 aliphatic rings. The van der Waals surface area contributed by atoms with Gasteiger partial charge in [-0.1, -0.05) is 121 Å². The van der Waals surface area contributed by atoms with Crippen LogP contribution in [0.3, 0.4) is 0 Å². The van der Waals surface area contributed by atoms with Crippen molar-refractivity contribution in [1.29, 1.82) is 0 Å². The number of carbonyl (C=O) groups is 1. The molecule has 272 valence electrons. The molecule has 1 unspecified atom stereocenters. The Morgan fingerprint density at radius 3 is 1.48 bits per heavy atom. The molecule has 46 heavy (non-hydrogen) atoms. The molecule has 0 saturated heterocycles. The van der Waals surface area contributed by atoms with Gasteiger partial charge in [-0.3, -0.25) is 4.79 Å². The first-order valence-corrected chi connectivity index (χ1v) is 19.8. The van der Waals surface area contributed by atoms with Crippen LogP contribution < -0.4 is 0 Å². The normalized spacial score (nSPS) is 12.6. The fourth-order valence-electron chi connectivity index (χ4n) is 5.77. The zero-order valence-electron chi connectivity index (χ0n) is 31.4. The molecular weight excluding hydrogens is 570 g/mol. The van der Waals surface area contributed by atoms with Crippen LogP contribution in [0.4, 0.5) is 0 Å². The highest BCUT2D eigenvalue weighted by Gasteiger charge is 2.10. The van der Waals surface area contributed by atoms with Crippen LogP contribution >= 0.6 is 0 Å². The molecule has 0 aliphatic carbocycles. The maximum atomic E-state index is 11.1. The van der Waals surface area contributed by atoms with Gasteiger partial charge in [-0.05, 0) is 91.1 Å². The van der Waals surface area contributed by atoms with Crippen LogP contribution in [-0.4, -0.2) is 64.5 Å². The van der Waals surface area contributed by atoms with Gasteiger partial charge in [0.05, 0.1) is 13.2 Å². The largest absolute Gasteiger partial charge is 0.469 e. The lowest BCUT2D eigenvalue weighted by molar-refractivity contribution is -0.140. The monoisotopic (exact) mass is 650 g/mol. The van der Waals surface area contributed by atoms with Crippen molar-refractivity contribution in [2.75, 3.05) is 47.6 Å². The van der Waals surface area contributed by atoms with Crippen molar-refractivity contribution in [2.24, 2.45) is 0 Å². The van der Waals surface area contributed by atoms with E-state index in [4.69, 9.17) is 9.47 Å². The summed E-state index contributed by atoms with van der Waals surface area (Å²) in [5.74, 6) is -0.0867. The van der Waals surface area contributed by atoms with E-state index < -0.39 is 0 Å². The average Bonchev–Trinajstić information content (AvgIpc) is 3.04. The molecule has 0 aromatic heterocycles. The van der Waals surface area contributed by atoms with Crippen molar-refractivity contribution in [3.8, 4) is 0 Å². The van der Waals surface area contributed by atoms with Crippen molar-refractivity contribution >= 4 is 5.97 Å². The van der Waals surface area contributed by atoms with Gasteiger partial charge in [0.15, 0.2) is 0 Å². The number of carbonyl (C=O) groups excluding carboxylic acids is 1. The number of esters is 1. The highest BCUT2D eigenvalue weighted by Crippen LogP contribution is 2.12. The first-order valence-electron chi connectivity index (χ1n) is 19.8. The van der Waals surface area contributed by atoms with Crippen LogP contribution in [0.5, 0.6) is 0 Å². The van der Waals surface area contributed by atoms with E-state index in [0.29, 0.717) is 6.42 Å². The van der Waals surface area contributed by atoms with Gasteiger partial charge in [0.1, 0.15) is 0 Å². The summed E-state index contributed by atoms with van der Waals surface area (Å²) >= 11 is 0. The van der Waals surface area contributed by atoms with E-state index in [2.05, 4.69) is 55.0 Å². The molecule has 0 saturated carbocycles. The molecular formula is C41H79NO4. The summed E-state index contributed by atoms with van der Waals surface area (Å²) in [7, 11) is 5.73. The molecule has 5 nitrogen and oxygen atoms in total.